The molecule has 1 rings (SSSR count). The topological polar surface area (TPSA) is 37.3 Å². The van der Waals surface area contributed by atoms with Crippen molar-refractivity contribution in [3.05, 3.63) is 35.9 Å². The van der Waals surface area contributed by atoms with Crippen LogP contribution < -0.4 is 0 Å². The van der Waals surface area contributed by atoms with Crippen molar-refractivity contribution in [1.29, 1.82) is 0 Å². The van der Waals surface area contributed by atoms with Crippen LogP contribution in [-0.4, -0.2) is 11.4 Å². The van der Waals surface area contributed by atoms with Gasteiger partial charge >= 0.3 is 0 Å². The van der Waals surface area contributed by atoms with E-state index in [0.717, 1.165) is 5.56 Å². The summed E-state index contributed by atoms with van der Waals surface area (Å²) in [5.74, 6) is 0.160. The summed E-state index contributed by atoms with van der Waals surface area (Å²) in [5, 5.41) is 8.85. The summed E-state index contributed by atoms with van der Waals surface area (Å²) in [6.45, 7) is 8.00. The number of hydrogen-bond acceptors (Lipinski definition) is 2. The smallest absolute Gasteiger partial charge is 0.0438 e. The maximum Gasteiger partial charge on any atom is 0.0438 e. The van der Waals surface area contributed by atoms with E-state index in [1.807, 2.05) is 27.7 Å². The Kier molecular flexibility index (Phi) is 22.1. The number of carbonyl (C=O) groups is 1. The maximum atomic E-state index is 9.84. The monoisotopic (exact) mass is 295 g/mol. The van der Waals surface area contributed by atoms with Crippen LogP contribution in [0.5, 0.6) is 5.75 Å². The van der Waals surface area contributed by atoms with Gasteiger partial charge in [-0.1, -0.05) is 27.7 Å². The summed E-state index contributed by atoms with van der Waals surface area (Å²) in [4.78, 5) is 9.84. The molecule has 0 bridgehead atoms. The quantitative estimate of drug-likeness (QED) is 0.516. The molecule has 16 heavy (non-hydrogen) atoms. The van der Waals surface area contributed by atoms with Crippen molar-refractivity contribution in [2.45, 2.75) is 27.7 Å². The molecule has 0 saturated carbocycles. The second-order valence-corrected chi connectivity index (χ2v) is 1.93. The fourth-order valence-electron chi connectivity index (χ4n) is 0.642. The molecular formula is C13H18O2Y-2. The summed E-state index contributed by atoms with van der Waals surface area (Å²) < 4.78 is 0. The molecule has 0 aliphatic heterocycles. The van der Waals surface area contributed by atoms with E-state index in [2.05, 4.69) is 12.1 Å². The van der Waals surface area contributed by atoms with E-state index in [9.17, 15) is 4.79 Å². The number of aromatic hydroxyl groups is 1. The minimum atomic E-state index is 0. The molecule has 1 aromatic carbocycles. The van der Waals surface area contributed by atoms with Gasteiger partial charge in [0.1, 0.15) is 0 Å². The van der Waals surface area contributed by atoms with Gasteiger partial charge in [-0.25, -0.2) is 12.1 Å². The molecule has 2 nitrogen and oxygen atoms in total. The molecule has 0 spiro atoms. The zero-order valence-corrected chi connectivity index (χ0v) is 13.2. The van der Waals surface area contributed by atoms with Gasteiger partial charge in [0.25, 0.3) is 0 Å². The minimum absolute atomic E-state index is 0. The first kappa shape index (κ1) is 20.9. The van der Waals surface area contributed by atoms with Crippen LogP contribution in [0.1, 0.15) is 33.3 Å². The largest absolute Gasteiger partial charge is 0.552 e. The van der Waals surface area contributed by atoms with E-state index in [4.69, 9.17) is 5.11 Å². The van der Waals surface area contributed by atoms with E-state index in [-0.39, 0.29) is 38.5 Å². The fraction of sp³-hybridized carbons (Fsp3) is 0.308. The van der Waals surface area contributed by atoms with Crippen molar-refractivity contribution in [1.82, 2.24) is 0 Å². The number of allylic oxidation sites excluding steroid dienone is 1. The van der Waals surface area contributed by atoms with Gasteiger partial charge in [-0.3, -0.25) is 6.08 Å². The van der Waals surface area contributed by atoms with Gasteiger partial charge in [-0.15, -0.1) is 12.1 Å². The molecule has 0 aliphatic rings. The number of carbonyl (C=O) groups excluding carboxylic acids is 1. The maximum absolute atomic E-state index is 9.84. The summed E-state index contributed by atoms with van der Waals surface area (Å²) in [6, 6.07) is 7.34. The van der Waals surface area contributed by atoms with Crippen LogP contribution >= 0.6 is 0 Å². The first-order valence-electron chi connectivity index (χ1n) is 5.06. The Labute approximate surface area is 124 Å². The molecule has 87 valence electrons. The third-order valence-corrected chi connectivity index (χ3v) is 1.13. The Balaban J connectivity index is -0.000000305. The van der Waals surface area contributed by atoms with Gasteiger partial charge in [-0.05, 0) is 0 Å². The van der Waals surface area contributed by atoms with Gasteiger partial charge < -0.3 is 21.5 Å². The van der Waals surface area contributed by atoms with Gasteiger partial charge in [0.05, 0.1) is 0 Å². The normalized spacial score (nSPS) is 7.75. The number of phenols is 1. The molecule has 0 heterocycles. The average molecular weight is 295 g/mol. The predicted octanol–water partition coefficient (Wildman–Crippen LogP) is 3.26. The van der Waals surface area contributed by atoms with E-state index >= 15 is 0 Å². The van der Waals surface area contributed by atoms with Crippen LogP contribution in [-0.2, 0) is 37.5 Å². The molecule has 0 unspecified atom stereocenters. The molecular weight excluding hydrogens is 277 g/mol. The average Bonchev–Trinajstić information content (AvgIpc) is 2.34. The number of phenolic OH excluding ortho intramolecular Hbond substituents is 1. The minimum Gasteiger partial charge on any atom is -0.552 e. The van der Waals surface area contributed by atoms with Crippen LogP contribution in [0.2, 0.25) is 0 Å². The third kappa shape index (κ3) is 11.6. The number of aldehydes is 1. The van der Waals surface area contributed by atoms with E-state index in [1.165, 1.54) is 18.2 Å². The van der Waals surface area contributed by atoms with Gasteiger partial charge in [0, 0.05) is 44.7 Å². The second kappa shape index (κ2) is 16.9. The number of rotatable bonds is 2. The molecule has 1 radical (unpaired) electrons. The van der Waals surface area contributed by atoms with Gasteiger partial charge in [0.2, 0.25) is 0 Å². The molecule has 3 heteroatoms. The van der Waals surface area contributed by atoms with Crippen LogP contribution in [0.15, 0.2) is 18.2 Å². The summed E-state index contributed by atoms with van der Waals surface area (Å²) in [6.07, 6.45) is 4.43. The molecule has 0 saturated heterocycles. The van der Waals surface area contributed by atoms with Crippen LogP contribution in [0, 0.1) is 12.1 Å². The van der Waals surface area contributed by atoms with Gasteiger partial charge in [0.15, 0.2) is 0 Å². The zero-order chi connectivity index (χ0) is 12.1. The molecule has 1 N–H and O–H groups in total. The van der Waals surface area contributed by atoms with Crippen molar-refractivity contribution in [2.24, 2.45) is 0 Å². The Hall–Kier alpha value is -0.466. The summed E-state index contributed by atoms with van der Waals surface area (Å²) in [5.41, 5.74) is 0.718. The fourth-order valence-corrected chi connectivity index (χ4v) is 0.642. The summed E-state index contributed by atoms with van der Waals surface area (Å²) >= 11 is 0. The Morgan fingerprint density at radius 2 is 1.81 bits per heavy atom. The zero-order valence-electron chi connectivity index (χ0n) is 10.3. The third-order valence-electron chi connectivity index (χ3n) is 1.13. The molecule has 0 amide bonds. The van der Waals surface area contributed by atoms with Crippen molar-refractivity contribution < 1.29 is 42.6 Å². The molecule has 0 aromatic heterocycles. The Morgan fingerprint density at radius 3 is 2.19 bits per heavy atom. The first-order chi connectivity index (χ1) is 7.33. The first-order valence-corrected chi connectivity index (χ1v) is 5.06. The van der Waals surface area contributed by atoms with E-state index in [0.29, 0.717) is 6.29 Å². The molecule has 0 fully saturated rings. The molecule has 1 aromatic rings. The van der Waals surface area contributed by atoms with Crippen LogP contribution in [0.4, 0.5) is 0 Å². The number of benzene rings is 1. The second-order valence-electron chi connectivity index (χ2n) is 1.93. The van der Waals surface area contributed by atoms with Crippen LogP contribution in [0.3, 0.4) is 0 Å². The van der Waals surface area contributed by atoms with E-state index in [1.54, 1.807) is 6.07 Å². The Morgan fingerprint density at radius 1 is 1.25 bits per heavy atom. The molecule has 0 atom stereocenters. The van der Waals surface area contributed by atoms with Crippen LogP contribution in [0.25, 0.3) is 6.08 Å². The van der Waals surface area contributed by atoms with Crippen molar-refractivity contribution in [3.63, 3.8) is 0 Å². The van der Waals surface area contributed by atoms with Crippen molar-refractivity contribution >= 4 is 12.4 Å². The Bertz CT molecular complexity index is 266. The predicted molar refractivity (Wildman–Crippen MR) is 63.4 cm³/mol. The SMILES string of the molecule is CC.CC.O=C[C-]=Cc1[c-]cc(O)cc1.[Y]. The number of hydrogen-bond donors (Lipinski definition) is 1. The molecule has 0 aliphatic carbocycles. The van der Waals surface area contributed by atoms with Crippen molar-refractivity contribution in [2.75, 3.05) is 0 Å². The summed E-state index contributed by atoms with van der Waals surface area (Å²) in [7, 11) is 0. The standard InChI is InChI=1S/C9H6O2.2C2H6.Y/c10-7-1-2-8-3-5-9(11)6-4-8;2*1-2;/h2-3,5-7,11H;2*1-2H3;/q-2;;;. The van der Waals surface area contributed by atoms with Crippen molar-refractivity contribution in [3.8, 4) is 5.75 Å². The van der Waals surface area contributed by atoms with Gasteiger partial charge in [-0.2, -0.15) is 0 Å². The van der Waals surface area contributed by atoms with E-state index < -0.39 is 0 Å².